The molecule has 0 aliphatic heterocycles. The van der Waals surface area contributed by atoms with Crippen molar-refractivity contribution in [1.82, 2.24) is 5.32 Å². The van der Waals surface area contributed by atoms with Crippen molar-refractivity contribution in [1.29, 1.82) is 0 Å². The second kappa shape index (κ2) is 7.51. The van der Waals surface area contributed by atoms with Crippen molar-refractivity contribution in [3.8, 4) is 5.75 Å². The summed E-state index contributed by atoms with van der Waals surface area (Å²) >= 11 is 11.9. The van der Waals surface area contributed by atoms with E-state index in [4.69, 9.17) is 27.9 Å². The Kier molecular flexibility index (Phi) is 5.97. The molecule has 1 aromatic carbocycles. The van der Waals surface area contributed by atoms with Crippen LogP contribution in [0.5, 0.6) is 5.75 Å². The molecule has 1 aliphatic carbocycles. The summed E-state index contributed by atoms with van der Waals surface area (Å²) in [5, 5.41) is 14.3. The van der Waals surface area contributed by atoms with Crippen molar-refractivity contribution in [2.45, 2.75) is 38.3 Å². The number of hydrogen-bond donors (Lipinski definition) is 2. The van der Waals surface area contributed by atoms with Crippen molar-refractivity contribution >= 4 is 23.2 Å². The normalized spacial score (nSPS) is 18.4. The number of aliphatic hydroxyl groups is 1. The molecule has 0 amide bonds. The Labute approximate surface area is 130 Å². The van der Waals surface area contributed by atoms with E-state index in [-0.39, 0.29) is 6.61 Å². The first kappa shape index (κ1) is 15.9. The third-order valence-corrected chi connectivity index (χ3v) is 4.40. The Morgan fingerprint density at radius 2 is 2.15 bits per heavy atom. The zero-order valence-corrected chi connectivity index (χ0v) is 13.1. The van der Waals surface area contributed by atoms with Crippen LogP contribution in [0.1, 0.15) is 26.2 Å². The highest BCUT2D eigenvalue weighted by molar-refractivity contribution is 6.34. The number of hydrogen-bond acceptors (Lipinski definition) is 3. The number of rotatable bonds is 7. The van der Waals surface area contributed by atoms with Crippen LogP contribution in [0.2, 0.25) is 10.0 Å². The summed E-state index contributed by atoms with van der Waals surface area (Å²) in [6, 6.07) is 5.49. The molecule has 0 aromatic heterocycles. The Bertz CT molecular complexity index is 438. The van der Waals surface area contributed by atoms with Gasteiger partial charge in [-0.05, 0) is 37.8 Å². The lowest BCUT2D eigenvalue weighted by Gasteiger charge is -2.32. The first-order valence-corrected chi connectivity index (χ1v) is 7.81. The van der Waals surface area contributed by atoms with Crippen LogP contribution in [0.4, 0.5) is 0 Å². The largest absolute Gasteiger partial charge is 0.489 e. The topological polar surface area (TPSA) is 41.5 Å². The van der Waals surface area contributed by atoms with Crippen LogP contribution >= 0.6 is 23.2 Å². The van der Waals surface area contributed by atoms with Crippen LogP contribution < -0.4 is 10.1 Å². The average Bonchev–Trinajstić information content (AvgIpc) is 2.35. The monoisotopic (exact) mass is 317 g/mol. The number of ether oxygens (including phenoxy) is 1. The van der Waals surface area contributed by atoms with E-state index in [9.17, 15) is 5.11 Å². The van der Waals surface area contributed by atoms with Gasteiger partial charge in [0.1, 0.15) is 18.5 Å². The van der Waals surface area contributed by atoms with Gasteiger partial charge in [-0.15, -0.1) is 0 Å². The minimum atomic E-state index is -0.562. The maximum absolute atomic E-state index is 9.93. The van der Waals surface area contributed by atoms with Crippen molar-refractivity contribution < 1.29 is 9.84 Å². The van der Waals surface area contributed by atoms with E-state index < -0.39 is 6.10 Å². The van der Waals surface area contributed by atoms with E-state index in [1.807, 2.05) is 0 Å². The fourth-order valence-electron chi connectivity index (χ4n) is 2.26. The zero-order chi connectivity index (χ0) is 14.5. The van der Waals surface area contributed by atoms with Gasteiger partial charge in [-0.1, -0.05) is 29.6 Å². The Balaban J connectivity index is 1.71. The van der Waals surface area contributed by atoms with E-state index >= 15 is 0 Å². The minimum absolute atomic E-state index is 0.199. The second-order valence-corrected chi connectivity index (χ2v) is 6.27. The van der Waals surface area contributed by atoms with Gasteiger partial charge < -0.3 is 15.2 Å². The van der Waals surface area contributed by atoms with Gasteiger partial charge in [0.15, 0.2) is 0 Å². The SMILES string of the molecule is CC(NCC(O)COc1cc(Cl)ccc1Cl)C1CCC1. The number of aliphatic hydroxyl groups excluding tert-OH is 1. The molecule has 112 valence electrons. The number of nitrogens with one attached hydrogen (secondary N) is 1. The van der Waals surface area contributed by atoms with Gasteiger partial charge in [0.2, 0.25) is 0 Å². The molecule has 1 saturated carbocycles. The highest BCUT2D eigenvalue weighted by atomic mass is 35.5. The molecular weight excluding hydrogens is 297 g/mol. The molecule has 0 bridgehead atoms. The van der Waals surface area contributed by atoms with Crippen LogP contribution in [0.15, 0.2) is 18.2 Å². The first-order chi connectivity index (χ1) is 9.56. The van der Waals surface area contributed by atoms with E-state index in [0.29, 0.717) is 28.4 Å². The van der Waals surface area contributed by atoms with Gasteiger partial charge >= 0.3 is 0 Å². The summed E-state index contributed by atoms with van der Waals surface area (Å²) in [7, 11) is 0. The van der Waals surface area contributed by atoms with Crippen LogP contribution in [-0.2, 0) is 0 Å². The molecule has 0 heterocycles. The fraction of sp³-hybridized carbons (Fsp3) is 0.600. The molecule has 2 unspecified atom stereocenters. The zero-order valence-electron chi connectivity index (χ0n) is 11.6. The minimum Gasteiger partial charge on any atom is -0.489 e. The standard InChI is InChI=1S/C15H21Cl2NO2/c1-10(11-3-2-4-11)18-8-13(19)9-20-15-7-12(16)5-6-14(15)17/h5-7,10-11,13,18-19H,2-4,8-9H2,1H3. The lowest BCUT2D eigenvalue weighted by Crippen LogP contribution is -2.42. The maximum Gasteiger partial charge on any atom is 0.139 e. The van der Waals surface area contributed by atoms with Crippen molar-refractivity contribution in [3.63, 3.8) is 0 Å². The number of benzene rings is 1. The van der Waals surface area contributed by atoms with E-state index in [0.717, 1.165) is 5.92 Å². The Hall–Kier alpha value is -0.480. The van der Waals surface area contributed by atoms with Crippen molar-refractivity contribution in [2.24, 2.45) is 5.92 Å². The summed E-state index contributed by atoms with van der Waals surface area (Å²) in [5.74, 6) is 1.26. The van der Waals surface area contributed by atoms with Crippen LogP contribution in [0, 0.1) is 5.92 Å². The quantitative estimate of drug-likeness (QED) is 0.808. The summed E-state index contributed by atoms with van der Waals surface area (Å²) < 4.78 is 5.51. The molecular formula is C15H21Cl2NO2. The summed E-state index contributed by atoms with van der Waals surface area (Å²) in [4.78, 5) is 0. The Morgan fingerprint density at radius 3 is 2.80 bits per heavy atom. The molecule has 0 spiro atoms. The molecule has 2 N–H and O–H groups in total. The van der Waals surface area contributed by atoms with Gasteiger partial charge in [0.05, 0.1) is 5.02 Å². The molecule has 0 saturated heterocycles. The number of halogens is 2. The van der Waals surface area contributed by atoms with Crippen LogP contribution in [-0.4, -0.2) is 30.4 Å². The molecule has 2 atom stereocenters. The van der Waals surface area contributed by atoms with E-state index in [1.54, 1.807) is 18.2 Å². The molecule has 1 fully saturated rings. The lowest BCUT2D eigenvalue weighted by atomic mass is 9.80. The predicted octanol–water partition coefficient (Wildman–Crippen LogP) is 3.51. The van der Waals surface area contributed by atoms with Gasteiger partial charge in [0, 0.05) is 23.7 Å². The van der Waals surface area contributed by atoms with Gasteiger partial charge in [-0.25, -0.2) is 0 Å². The smallest absolute Gasteiger partial charge is 0.139 e. The second-order valence-electron chi connectivity index (χ2n) is 5.43. The van der Waals surface area contributed by atoms with E-state index in [2.05, 4.69) is 12.2 Å². The molecule has 1 aromatic rings. The fourth-order valence-corrected chi connectivity index (χ4v) is 2.60. The highest BCUT2D eigenvalue weighted by Gasteiger charge is 2.23. The molecule has 0 radical (unpaired) electrons. The molecule has 3 nitrogen and oxygen atoms in total. The maximum atomic E-state index is 9.93. The van der Waals surface area contributed by atoms with Gasteiger partial charge in [-0.3, -0.25) is 0 Å². The highest BCUT2D eigenvalue weighted by Crippen LogP contribution is 2.29. The first-order valence-electron chi connectivity index (χ1n) is 7.05. The van der Waals surface area contributed by atoms with Gasteiger partial charge in [0.25, 0.3) is 0 Å². The van der Waals surface area contributed by atoms with Crippen molar-refractivity contribution in [2.75, 3.05) is 13.2 Å². The summed E-state index contributed by atoms with van der Waals surface area (Å²) in [6.45, 7) is 2.89. The molecule has 20 heavy (non-hydrogen) atoms. The summed E-state index contributed by atoms with van der Waals surface area (Å²) in [6.07, 6.45) is 3.35. The van der Waals surface area contributed by atoms with E-state index in [1.165, 1.54) is 19.3 Å². The average molecular weight is 318 g/mol. The molecule has 1 aliphatic rings. The van der Waals surface area contributed by atoms with Crippen LogP contribution in [0.25, 0.3) is 0 Å². The van der Waals surface area contributed by atoms with Crippen molar-refractivity contribution in [3.05, 3.63) is 28.2 Å². The van der Waals surface area contributed by atoms with Gasteiger partial charge in [-0.2, -0.15) is 0 Å². The Morgan fingerprint density at radius 1 is 1.40 bits per heavy atom. The predicted molar refractivity (Wildman–Crippen MR) is 82.8 cm³/mol. The lowest BCUT2D eigenvalue weighted by molar-refractivity contribution is 0.0982. The third kappa shape index (κ3) is 4.52. The molecule has 2 rings (SSSR count). The molecule has 5 heteroatoms. The third-order valence-electron chi connectivity index (χ3n) is 3.86. The summed E-state index contributed by atoms with van der Waals surface area (Å²) in [5.41, 5.74) is 0. The van der Waals surface area contributed by atoms with Crippen LogP contribution in [0.3, 0.4) is 0 Å².